The molecule has 2 aromatic rings. The van der Waals surface area contributed by atoms with Crippen LogP contribution in [0.3, 0.4) is 0 Å². The summed E-state index contributed by atoms with van der Waals surface area (Å²) >= 11 is 1.28. The fourth-order valence-corrected chi connectivity index (χ4v) is 3.37. The van der Waals surface area contributed by atoms with Gasteiger partial charge in [-0.15, -0.1) is 0 Å². The van der Waals surface area contributed by atoms with Gasteiger partial charge in [0, 0.05) is 12.6 Å². The highest BCUT2D eigenvalue weighted by atomic mass is 32.2. The normalized spacial score (nSPS) is 13.0. The zero-order chi connectivity index (χ0) is 15.6. The van der Waals surface area contributed by atoms with Crippen LogP contribution in [0.1, 0.15) is 18.5 Å². The van der Waals surface area contributed by atoms with E-state index < -0.39 is 5.97 Å². The van der Waals surface area contributed by atoms with Crippen LogP contribution >= 0.6 is 11.8 Å². The molecule has 0 saturated carbocycles. The van der Waals surface area contributed by atoms with Gasteiger partial charge in [0.05, 0.1) is 16.8 Å². The van der Waals surface area contributed by atoms with Gasteiger partial charge in [-0.25, -0.2) is 4.98 Å². The van der Waals surface area contributed by atoms with Crippen molar-refractivity contribution in [3.8, 4) is 0 Å². The number of carboxylic acids is 1. The molecule has 1 atom stereocenters. The summed E-state index contributed by atoms with van der Waals surface area (Å²) in [7, 11) is 4.07. The standard InChI is InChI=1S/C15H21N3O2S/c1-10-6-5-7-12-14(10)18(11(2)8-17(3)4)15(16-12)21-9-13(19)20/h5-7,11H,8-9H2,1-4H3,(H,19,20). The van der Waals surface area contributed by atoms with Gasteiger partial charge in [0.1, 0.15) is 0 Å². The Morgan fingerprint density at radius 2 is 2.19 bits per heavy atom. The lowest BCUT2D eigenvalue weighted by atomic mass is 10.2. The Morgan fingerprint density at radius 3 is 2.81 bits per heavy atom. The number of nitrogens with zero attached hydrogens (tertiary/aromatic N) is 3. The Balaban J connectivity index is 2.50. The average Bonchev–Trinajstić information content (AvgIpc) is 2.75. The molecule has 1 unspecified atom stereocenters. The maximum absolute atomic E-state index is 10.8. The minimum atomic E-state index is -0.824. The molecule has 1 N–H and O–H groups in total. The summed E-state index contributed by atoms with van der Waals surface area (Å²) in [5.41, 5.74) is 3.18. The van der Waals surface area contributed by atoms with E-state index >= 15 is 0 Å². The Bertz CT molecular complexity index is 652. The van der Waals surface area contributed by atoms with Gasteiger partial charge in [0.25, 0.3) is 0 Å². The summed E-state index contributed by atoms with van der Waals surface area (Å²) in [4.78, 5) is 17.6. The van der Waals surface area contributed by atoms with Crippen LogP contribution in [0, 0.1) is 6.92 Å². The Labute approximate surface area is 129 Å². The Morgan fingerprint density at radius 1 is 1.48 bits per heavy atom. The Kier molecular flexibility index (Phi) is 4.90. The molecule has 5 nitrogen and oxygen atoms in total. The van der Waals surface area contributed by atoms with Gasteiger partial charge >= 0.3 is 5.97 Å². The largest absolute Gasteiger partial charge is 0.481 e. The topological polar surface area (TPSA) is 58.4 Å². The first kappa shape index (κ1) is 15.9. The lowest BCUT2D eigenvalue weighted by Crippen LogP contribution is -2.23. The van der Waals surface area contributed by atoms with Gasteiger partial charge in [-0.1, -0.05) is 23.9 Å². The van der Waals surface area contributed by atoms with E-state index in [0.717, 1.165) is 28.3 Å². The number of aryl methyl sites for hydroxylation is 1. The van der Waals surface area contributed by atoms with Crippen molar-refractivity contribution in [2.75, 3.05) is 26.4 Å². The molecule has 0 amide bonds. The molecule has 0 aliphatic carbocycles. The zero-order valence-electron chi connectivity index (χ0n) is 12.8. The number of hydrogen-bond acceptors (Lipinski definition) is 4. The molecule has 0 aliphatic heterocycles. The third kappa shape index (κ3) is 3.57. The highest BCUT2D eigenvalue weighted by Gasteiger charge is 2.18. The van der Waals surface area contributed by atoms with Gasteiger partial charge in [-0.2, -0.15) is 0 Å². The van der Waals surface area contributed by atoms with Crippen LogP contribution in [-0.4, -0.2) is 51.9 Å². The molecule has 1 aromatic carbocycles. The van der Waals surface area contributed by atoms with Crippen LogP contribution in [0.4, 0.5) is 0 Å². The molecule has 114 valence electrons. The minimum Gasteiger partial charge on any atom is -0.481 e. The number of carboxylic acid groups (broad SMARTS) is 1. The van der Waals surface area contributed by atoms with Crippen LogP contribution in [0.2, 0.25) is 0 Å². The van der Waals surface area contributed by atoms with Crippen LogP contribution in [0.25, 0.3) is 11.0 Å². The van der Waals surface area contributed by atoms with Gasteiger partial charge < -0.3 is 14.6 Å². The second-order valence-electron chi connectivity index (χ2n) is 5.50. The quantitative estimate of drug-likeness (QED) is 0.831. The van der Waals surface area contributed by atoms with Crippen LogP contribution in [0.5, 0.6) is 0 Å². The summed E-state index contributed by atoms with van der Waals surface area (Å²) in [5.74, 6) is -0.799. The molecule has 0 bridgehead atoms. The molecular formula is C15H21N3O2S. The average molecular weight is 307 g/mol. The van der Waals surface area contributed by atoms with E-state index in [9.17, 15) is 4.79 Å². The fourth-order valence-electron chi connectivity index (χ4n) is 2.55. The first-order chi connectivity index (χ1) is 9.90. The molecule has 6 heteroatoms. The number of imidazole rings is 1. The van der Waals surface area contributed by atoms with Gasteiger partial charge in [0.15, 0.2) is 5.16 Å². The zero-order valence-corrected chi connectivity index (χ0v) is 13.6. The maximum Gasteiger partial charge on any atom is 0.313 e. The minimum absolute atomic E-state index is 0.0249. The van der Waals surface area contributed by atoms with E-state index in [0.29, 0.717) is 0 Å². The molecule has 0 saturated heterocycles. The van der Waals surface area contributed by atoms with Crippen molar-refractivity contribution in [1.82, 2.24) is 14.5 Å². The number of fused-ring (bicyclic) bond motifs is 1. The van der Waals surface area contributed by atoms with Crippen LogP contribution < -0.4 is 0 Å². The van der Waals surface area contributed by atoms with Gasteiger partial charge in [0.2, 0.25) is 0 Å². The molecule has 21 heavy (non-hydrogen) atoms. The monoisotopic (exact) mass is 307 g/mol. The van der Waals surface area contributed by atoms with Crippen LogP contribution in [0.15, 0.2) is 23.4 Å². The number of aromatic nitrogens is 2. The van der Waals surface area contributed by atoms with Crippen molar-refractivity contribution >= 4 is 28.8 Å². The van der Waals surface area contributed by atoms with Crippen molar-refractivity contribution in [3.63, 3.8) is 0 Å². The van der Waals surface area contributed by atoms with E-state index in [1.54, 1.807) is 0 Å². The van der Waals surface area contributed by atoms with E-state index in [4.69, 9.17) is 5.11 Å². The number of hydrogen-bond donors (Lipinski definition) is 1. The van der Waals surface area contributed by atoms with Crippen molar-refractivity contribution in [1.29, 1.82) is 0 Å². The Hall–Kier alpha value is -1.53. The molecular weight excluding hydrogens is 286 g/mol. The third-order valence-electron chi connectivity index (χ3n) is 3.27. The summed E-state index contributed by atoms with van der Waals surface area (Å²) < 4.78 is 2.16. The highest BCUT2D eigenvalue weighted by molar-refractivity contribution is 7.99. The molecule has 0 spiro atoms. The van der Waals surface area contributed by atoms with Gasteiger partial charge in [-0.05, 0) is 39.6 Å². The first-order valence-corrected chi connectivity index (χ1v) is 7.85. The fraction of sp³-hybridized carbons (Fsp3) is 0.467. The lowest BCUT2D eigenvalue weighted by Gasteiger charge is -2.21. The van der Waals surface area contributed by atoms with Crippen molar-refractivity contribution in [2.24, 2.45) is 0 Å². The highest BCUT2D eigenvalue weighted by Crippen LogP contribution is 2.30. The number of benzene rings is 1. The molecule has 0 fully saturated rings. The van der Waals surface area contributed by atoms with E-state index in [2.05, 4.69) is 34.4 Å². The number of likely N-dealkylation sites (N-methyl/N-ethyl adjacent to an activating group) is 1. The smallest absolute Gasteiger partial charge is 0.313 e. The number of para-hydroxylation sites is 1. The van der Waals surface area contributed by atoms with Crippen molar-refractivity contribution in [3.05, 3.63) is 23.8 Å². The summed E-state index contributed by atoms with van der Waals surface area (Å²) in [6.45, 7) is 5.08. The molecule has 1 heterocycles. The number of thioether (sulfide) groups is 1. The van der Waals surface area contributed by atoms with Crippen molar-refractivity contribution in [2.45, 2.75) is 25.0 Å². The predicted octanol–water partition coefficient (Wildman–Crippen LogP) is 2.64. The van der Waals surface area contributed by atoms with Crippen LogP contribution in [-0.2, 0) is 4.79 Å². The SMILES string of the molecule is Cc1cccc2nc(SCC(=O)O)n(C(C)CN(C)C)c12. The summed E-state index contributed by atoms with van der Waals surface area (Å²) in [5, 5.41) is 9.69. The second-order valence-corrected chi connectivity index (χ2v) is 6.44. The summed E-state index contributed by atoms with van der Waals surface area (Å²) in [6.07, 6.45) is 0. The van der Waals surface area contributed by atoms with Gasteiger partial charge in [-0.3, -0.25) is 4.79 Å². The second kappa shape index (κ2) is 6.49. The predicted molar refractivity (Wildman–Crippen MR) is 86.1 cm³/mol. The third-order valence-corrected chi connectivity index (χ3v) is 4.21. The lowest BCUT2D eigenvalue weighted by molar-refractivity contribution is -0.133. The number of rotatable bonds is 6. The molecule has 0 radical (unpaired) electrons. The molecule has 2 rings (SSSR count). The van der Waals surface area contributed by atoms with E-state index in [1.165, 1.54) is 11.8 Å². The first-order valence-electron chi connectivity index (χ1n) is 6.87. The maximum atomic E-state index is 10.8. The van der Waals surface area contributed by atoms with E-state index in [-0.39, 0.29) is 11.8 Å². The number of aliphatic carboxylic acids is 1. The molecule has 1 aromatic heterocycles. The molecule has 0 aliphatic rings. The van der Waals surface area contributed by atoms with E-state index in [1.807, 2.05) is 26.2 Å². The summed E-state index contributed by atoms with van der Waals surface area (Å²) in [6, 6.07) is 6.25. The number of carbonyl (C=O) groups is 1. The van der Waals surface area contributed by atoms with Crippen molar-refractivity contribution < 1.29 is 9.90 Å².